The van der Waals surface area contributed by atoms with E-state index >= 15 is 0 Å². The molecule has 9 heteroatoms. The van der Waals surface area contributed by atoms with Gasteiger partial charge < -0.3 is 19.9 Å². The van der Waals surface area contributed by atoms with Crippen molar-refractivity contribution < 1.29 is 14.3 Å². The molecule has 3 aromatic rings. The molecule has 1 aliphatic rings. The number of nitrogens with one attached hydrogen (secondary N) is 1. The van der Waals surface area contributed by atoms with Crippen LogP contribution in [0.4, 0.5) is 15.6 Å². The van der Waals surface area contributed by atoms with Crippen LogP contribution in [0.1, 0.15) is 28.7 Å². The molecule has 0 atom stereocenters. The molecule has 0 bridgehead atoms. The number of nitrogens with zero attached hydrogens (tertiary/aromatic N) is 4. The van der Waals surface area contributed by atoms with Gasteiger partial charge in [-0.3, -0.25) is 0 Å². The van der Waals surface area contributed by atoms with Crippen LogP contribution < -0.4 is 10.2 Å². The number of esters is 1. The van der Waals surface area contributed by atoms with Gasteiger partial charge in [-0.2, -0.15) is 4.37 Å². The second-order valence-corrected chi connectivity index (χ2v) is 8.09. The van der Waals surface area contributed by atoms with E-state index in [1.807, 2.05) is 18.2 Å². The smallest absolute Gasteiger partial charge is 0.338 e. The second kappa shape index (κ2) is 10.2. The van der Waals surface area contributed by atoms with Crippen LogP contribution in [0, 0.1) is 0 Å². The van der Waals surface area contributed by atoms with Gasteiger partial charge in [-0.25, -0.2) is 14.6 Å². The number of carbonyl (C=O) groups excluding carboxylic acids is 2. The Balaban J connectivity index is 1.27. The van der Waals surface area contributed by atoms with E-state index in [4.69, 9.17) is 4.74 Å². The van der Waals surface area contributed by atoms with Gasteiger partial charge in [-0.05, 0) is 36.8 Å². The number of urea groups is 1. The predicted octanol–water partition coefficient (Wildman–Crippen LogP) is 3.66. The minimum atomic E-state index is -0.370. The number of ether oxygens (including phenoxy) is 1. The normalized spacial score (nSPS) is 13.7. The third kappa shape index (κ3) is 5.42. The van der Waals surface area contributed by atoms with E-state index in [0.29, 0.717) is 50.5 Å². The first-order valence-electron chi connectivity index (χ1n) is 10.6. The van der Waals surface area contributed by atoms with Crippen LogP contribution >= 0.6 is 11.5 Å². The number of anilines is 2. The highest BCUT2D eigenvalue weighted by Gasteiger charge is 2.23. The van der Waals surface area contributed by atoms with Crippen LogP contribution in [0.5, 0.6) is 0 Å². The molecule has 32 heavy (non-hydrogen) atoms. The van der Waals surface area contributed by atoms with Gasteiger partial charge in [-0.1, -0.05) is 30.3 Å². The van der Waals surface area contributed by atoms with E-state index in [2.05, 4.69) is 31.7 Å². The Morgan fingerprint density at radius 1 is 1.03 bits per heavy atom. The Morgan fingerprint density at radius 2 is 1.75 bits per heavy atom. The van der Waals surface area contributed by atoms with Gasteiger partial charge in [0.05, 0.1) is 12.2 Å². The van der Waals surface area contributed by atoms with Crippen molar-refractivity contribution in [1.29, 1.82) is 0 Å². The summed E-state index contributed by atoms with van der Waals surface area (Å²) >= 11 is 1.40. The van der Waals surface area contributed by atoms with Crippen molar-refractivity contribution in [2.24, 2.45) is 0 Å². The fourth-order valence-electron chi connectivity index (χ4n) is 3.43. The van der Waals surface area contributed by atoms with Gasteiger partial charge in [-0.15, -0.1) is 0 Å². The summed E-state index contributed by atoms with van der Waals surface area (Å²) in [6.45, 7) is 4.70. The molecule has 0 unspecified atom stereocenters. The van der Waals surface area contributed by atoms with Gasteiger partial charge >= 0.3 is 12.0 Å². The van der Waals surface area contributed by atoms with Crippen LogP contribution in [0.2, 0.25) is 0 Å². The topological polar surface area (TPSA) is 87.7 Å². The minimum absolute atomic E-state index is 0.157. The van der Waals surface area contributed by atoms with E-state index in [0.717, 1.165) is 11.0 Å². The Labute approximate surface area is 191 Å². The van der Waals surface area contributed by atoms with E-state index < -0.39 is 0 Å². The average molecular weight is 452 g/mol. The zero-order valence-electron chi connectivity index (χ0n) is 17.9. The molecule has 0 saturated carbocycles. The standard InChI is InChI=1S/C23H25N5O3S/c1-2-31-21(29)18-8-10-19(11-9-18)24-22(30)27-12-14-28(15-13-27)23-25-20(26-32-23)16-17-6-4-3-5-7-17/h3-11H,2,12-16H2,1H3,(H,24,30). The zero-order chi connectivity index (χ0) is 22.3. The molecular weight excluding hydrogens is 426 g/mol. The molecule has 2 amide bonds. The van der Waals surface area contributed by atoms with Crippen molar-refractivity contribution in [3.05, 3.63) is 71.5 Å². The molecule has 1 saturated heterocycles. The lowest BCUT2D eigenvalue weighted by Crippen LogP contribution is -2.50. The second-order valence-electron chi connectivity index (χ2n) is 7.36. The maximum Gasteiger partial charge on any atom is 0.338 e. The third-order valence-electron chi connectivity index (χ3n) is 5.15. The molecule has 4 rings (SSSR count). The van der Waals surface area contributed by atoms with E-state index in [9.17, 15) is 9.59 Å². The summed E-state index contributed by atoms with van der Waals surface area (Å²) in [6, 6.07) is 16.7. The number of amides is 2. The first kappa shape index (κ1) is 21.8. The highest BCUT2D eigenvalue weighted by Crippen LogP contribution is 2.21. The molecule has 2 heterocycles. The number of carbonyl (C=O) groups is 2. The highest BCUT2D eigenvalue weighted by molar-refractivity contribution is 7.09. The quantitative estimate of drug-likeness (QED) is 0.576. The molecule has 0 spiro atoms. The fourth-order valence-corrected chi connectivity index (χ4v) is 4.17. The summed E-state index contributed by atoms with van der Waals surface area (Å²) in [5.41, 5.74) is 2.29. The maximum atomic E-state index is 12.6. The first-order valence-corrected chi connectivity index (χ1v) is 11.3. The fraction of sp³-hybridized carbons (Fsp3) is 0.304. The van der Waals surface area contributed by atoms with E-state index in [-0.39, 0.29) is 12.0 Å². The summed E-state index contributed by atoms with van der Waals surface area (Å²) in [4.78, 5) is 33.0. The van der Waals surface area contributed by atoms with Gasteiger partial charge in [0.1, 0.15) is 5.82 Å². The van der Waals surface area contributed by atoms with Crippen molar-refractivity contribution in [2.45, 2.75) is 13.3 Å². The van der Waals surface area contributed by atoms with Crippen LogP contribution in [0.3, 0.4) is 0 Å². The summed E-state index contributed by atoms with van der Waals surface area (Å²) in [5, 5.41) is 3.78. The average Bonchev–Trinajstić information content (AvgIpc) is 3.29. The number of hydrogen-bond acceptors (Lipinski definition) is 7. The molecule has 0 aliphatic carbocycles. The van der Waals surface area contributed by atoms with Crippen molar-refractivity contribution in [3.63, 3.8) is 0 Å². The maximum absolute atomic E-state index is 12.6. The summed E-state index contributed by atoms with van der Waals surface area (Å²) < 4.78 is 9.46. The number of piperazine rings is 1. The van der Waals surface area contributed by atoms with Crippen molar-refractivity contribution in [2.75, 3.05) is 43.0 Å². The van der Waals surface area contributed by atoms with Gasteiger partial charge in [0, 0.05) is 49.8 Å². The molecular formula is C23H25N5O3S. The molecule has 1 N–H and O–H groups in total. The monoisotopic (exact) mass is 451 g/mol. The lowest BCUT2D eigenvalue weighted by Gasteiger charge is -2.34. The van der Waals surface area contributed by atoms with Gasteiger partial charge in [0.25, 0.3) is 0 Å². The molecule has 1 fully saturated rings. The third-order valence-corrected chi connectivity index (χ3v) is 5.96. The van der Waals surface area contributed by atoms with Crippen molar-refractivity contribution >= 4 is 34.4 Å². The van der Waals surface area contributed by atoms with Crippen LogP contribution in [-0.2, 0) is 11.2 Å². The minimum Gasteiger partial charge on any atom is -0.462 e. The summed E-state index contributed by atoms with van der Waals surface area (Å²) in [5.74, 6) is 0.452. The molecule has 1 aliphatic heterocycles. The van der Waals surface area contributed by atoms with Crippen LogP contribution in [0.15, 0.2) is 54.6 Å². The first-order chi connectivity index (χ1) is 15.6. The molecule has 8 nitrogen and oxygen atoms in total. The molecule has 0 radical (unpaired) electrons. The van der Waals surface area contributed by atoms with Gasteiger partial charge in [0.15, 0.2) is 0 Å². The predicted molar refractivity (Wildman–Crippen MR) is 124 cm³/mol. The zero-order valence-corrected chi connectivity index (χ0v) is 18.7. The SMILES string of the molecule is CCOC(=O)c1ccc(NC(=O)N2CCN(c3nc(Cc4ccccc4)ns3)CC2)cc1. The Morgan fingerprint density at radius 3 is 2.44 bits per heavy atom. The van der Waals surface area contributed by atoms with Crippen LogP contribution in [0.25, 0.3) is 0 Å². The Kier molecular flexibility index (Phi) is 6.96. The Bertz CT molecular complexity index is 1050. The van der Waals surface area contributed by atoms with Crippen molar-refractivity contribution in [3.8, 4) is 0 Å². The Hall–Kier alpha value is -3.46. The lowest BCUT2D eigenvalue weighted by atomic mass is 10.1. The van der Waals surface area contributed by atoms with E-state index in [1.165, 1.54) is 17.1 Å². The van der Waals surface area contributed by atoms with Crippen molar-refractivity contribution in [1.82, 2.24) is 14.3 Å². The molecule has 2 aromatic carbocycles. The summed E-state index contributed by atoms with van der Waals surface area (Å²) in [6.07, 6.45) is 0.717. The molecule has 1 aromatic heterocycles. The number of hydrogen-bond donors (Lipinski definition) is 1. The van der Waals surface area contributed by atoms with Gasteiger partial charge in [0.2, 0.25) is 5.13 Å². The number of aromatic nitrogens is 2. The summed E-state index contributed by atoms with van der Waals surface area (Å²) in [7, 11) is 0. The lowest BCUT2D eigenvalue weighted by molar-refractivity contribution is 0.0526. The number of rotatable bonds is 6. The number of benzene rings is 2. The van der Waals surface area contributed by atoms with Crippen LogP contribution in [-0.4, -0.2) is 59.0 Å². The highest BCUT2D eigenvalue weighted by atomic mass is 32.1. The van der Waals surface area contributed by atoms with E-state index in [1.54, 1.807) is 36.1 Å². The largest absolute Gasteiger partial charge is 0.462 e. The molecule has 166 valence electrons.